The molecule has 0 radical (unpaired) electrons. The second-order valence-electron chi connectivity index (χ2n) is 6.65. The van der Waals surface area contributed by atoms with Gasteiger partial charge in [0.15, 0.2) is 11.5 Å². The molecule has 0 bridgehead atoms. The Balaban J connectivity index is 5.10. The summed E-state index contributed by atoms with van der Waals surface area (Å²) in [5, 5.41) is -0.207. The number of hydrogen-bond donors (Lipinski definition) is 0. The van der Waals surface area contributed by atoms with Crippen molar-refractivity contribution in [2.24, 2.45) is 0 Å². The van der Waals surface area contributed by atoms with Gasteiger partial charge in [-0.15, -0.1) is 46.4 Å². The minimum Gasteiger partial charge on any atom is -0.227 e. The van der Waals surface area contributed by atoms with Gasteiger partial charge in [-0.05, 0) is 50.7 Å². The molecule has 0 N–H and O–H groups in total. The van der Waals surface area contributed by atoms with E-state index in [1.165, 1.54) is 0 Å². The number of alkyl halides is 4. The zero-order chi connectivity index (χ0) is 21.5. The summed E-state index contributed by atoms with van der Waals surface area (Å²) in [6.45, 7) is 8.01. The van der Waals surface area contributed by atoms with Gasteiger partial charge in [0.2, 0.25) is 0 Å². The largest absolute Gasteiger partial charge is 0.804 e. The average Bonchev–Trinajstić information content (AvgIpc) is 2.68. The molecule has 0 aliphatic rings. The van der Waals surface area contributed by atoms with Gasteiger partial charge >= 0.3 is 8.25 Å². The Kier molecular flexibility index (Phi) is 17.3. The number of hydrogen-bond acceptors (Lipinski definition) is 3. The first kappa shape index (κ1) is 28.3. The number of rotatable bonds is 16. The van der Waals surface area contributed by atoms with E-state index in [9.17, 15) is 4.57 Å². The Morgan fingerprint density at radius 1 is 0.714 bits per heavy atom. The molecular formula is C20H34Cl4O3P+. The van der Waals surface area contributed by atoms with E-state index in [2.05, 4.69) is 0 Å². The maximum Gasteiger partial charge on any atom is 0.804 e. The van der Waals surface area contributed by atoms with Crippen LogP contribution in [0.3, 0.4) is 0 Å². The maximum atomic E-state index is 12.5. The lowest BCUT2D eigenvalue weighted by molar-refractivity contribution is 0.297. The molecular weight excluding hydrogens is 461 g/mol. The van der Waals surface area contributed by atoms with Gasteiger partial charge in [-0.25, -0.2) is 9.05 Å². The third-order valence-corrected chi connectivity index (χ3v) is 6.87. The first-order valence-electron chi connectivity index (χ1n) is 10.0. The van der Waals surface area contributed by atoms with Crippen molar-refractivity contribution >= 4 is 54.7 Å². The van der Waals surface area contributed by atoms with Gasteiger partial charge in [-0.2, -0.15) is 0 Å². The summed E-state index contributed by atoms with van der Waals surface area (Å²) in [6, 6.07) is 0. The molecule has 28 heavy (non-hydrogen) atoms. The van der Waals surface area contributed by atoms with Crippen LogP contribution in [0.4, 0.5) is 0 Å². The molecule has 0 saturated heterocycles. The summed E-state index contributed by atoms with van der Waals surface area (Å²) >= 11 is 24.9. The molecule has 4 unspecified atom stereocenters. The molecule has 0 aromatic heterocycles. The standard InChI is InChI=1S/C20H34Cl4O3P/c1-5-15(21)9-11-19(13-17(23)7-3)26-28(25)27-20(14-18(24)8-4)12-10-16(22)6-2/h11-12,15-18H,5-10,13-14H2,1-4H3/q+1. The third-order valence-electron chi connectivity index (χ3n) is 4.20. The predicted molar refractivity (Wildman–Crippen MR) is 124 cm³/mol. The minimum atomic E-state index is -2.39. The van der Waals surface area contributed by atoms with Gasteiger partial charge in [0.25, 0.3) is 0 Å². The fourth-order valence-corrected chi connectivity index (χ4v) is 3.30. The molecule has 0 aliphatic heterocycles. The van der Waals surface area contributed by atoms with Crippen LogP contribution in [0.25, 0.3) is 0 Å². The maximum absolute atomic E-state index is 12.5. The lowest BCUT2D eigenvalue weighted by Gasteiger charge is -2.09. The van der Waals surface area contributed by atoms with Crippen molar-refractivity contribution in [3.05, 3.63) is 23.7 Å². The van der Waals surface area contributed by atoms with E-state index in [4.69, 9.17) is 55.5 Å². The molecule has 0 amide bonds. The average molecular weight is 495 g/mol. The van der Waals surface area contributed by atoms with Crippen molar-refractivity contribution in [1.82, 2.24) is 0 Å². The van der Waals surface area contributed by atoms with Crippen LogP contribution in [-0.4, -0.2) is 21.5 Å². The molecule has 0 spiro atoms. The summed E-state index contributed by atoms with van der Waals surface area (Å²) in [5.41, 5.74) is 0. The molecule has 0 fully saturated rings. The van der Waals surface area contributed by atoms with E-state index in [-0.39, 0.29) is 21.5 Å². The quantitative estimate of drug-likeness (QED) is 0.122. The Morgan fingerprint density at radius 2 is 1.04 bits per heavy atom. The summed E-state index contributed by atoms with van der Waals surface area (Å²) in [7, 11) is -2.39. The Hall–Kier alpha value is 0.340. The Bertz CT molecular complexity index is 458. The topological polar surface area (TPSA) is 35.5 Å². The van der Waals surface area contributed by atoms with Crippen molar-refractivity contribution < 1.29 is 13.6 Å². The van der Waals surface area contributed by atoms with Crippen LogP contribution in [-0.2, 0) is 13.6 Å². The van der Waals surface area contributed by atoms with Crippen LogP contribution >= 0.6 is 54.7 Å². The minimum absolute atomic E-state index is 0.000448. The van der Waals surface area contributed by atoms with Gasteiger partial charge in [-0.1, -0.05) is 27.7 Å². The van der Waals surface area contributed by atoms with Crippen LogP contribution < -0.4 is 0 Å². The Labute approximate surface area is 192 Å². The van der Waals surface area contributed by atoms with Gasteiger partial charge in [0, 0.05) is 38.9 Å². The van der Waals surface area contributed by atoms with Crippen LogP contribution in [0, 0.1) is 0 Å². The van der Waals surface area contributed by atoms with Crippen LogP contribution in [0.1, 0.15) is 79.1 Å². The van der Waals surface area contributed by atoms with E-state index >= 15 is 0 Å². The van der Waals surface area contributed by atoms with Gasteiger partial charge in [-0.3, -0.25) is 0 Å². The van der Waals surface area contributed by atoms with Crippen molar-refractivity contribution in [3.8, 4) is 0 Å². The number of allylic oxidation sites excluding steroid dienone is 4. The molecule has 4 atom stereocenters. The van der Waals surface area contributed by atoms with Gasteiger partial charge in [0.05, 0.1) is 0 Å². The highest BCUT2D eigenvalue weighted by atomic mass is 35.5. The molecule has 0 aliphatic carbocycles. The second kappa shape index (κ2) is 17.1. The van der Waals surface area contributed by atoms with E-state index in [0.29, 0.717) is 37.2 Å². The van der Waals surface area contributed by atoms with Gasteiger partial charge < -0.3 is 0 Å². The van der Waals surface area contributed by atoms with Crippen LogP contribution in [0.15, 0.2) is 23.7 Å². The first-order valence-corrected chi connectivity index (χ1v) is 12.9. The highest BCUT2D eigenvalue weighted by Gasteiger charge is 2.28. The normalized spacial score (nSPS) is 17.6. The lowest BCUT2D eigenvalue weighted by atomic mass is 10.1. The summed E-state index contributed by atoms with van der Waals surface area (Å²) in [6.07, 6.45) is 9.14. The summed E-state index contributed by atoms with van der Waals surface area (Å²) in [4.78, 5) is 0. The molecule has 3 nitrogen and oxygen atoms in total. The molecule has 8 heteroatoms. The fourth-order valence-electron chi connectivity index (χ4n) is 2.10. The van der Waals surface area contributed by atoms with Gasteiger partial charge in [0.1, 0.15) is 0 Å². The lowest BCUT2D eigenvalue weighted by Crippen LogP contribution is -2.03. The highest BCUT2D eigenvalue weighted by molar-refractivity contribution is 7.33. The van der Waals surface area contributed by atoms with Crippen molar-refractivity contribution in [2.75, 3.05) is 0 Å². The van der Waals surface area contributed by atoms with E-state index in [0.717, 1.165) is 25.7 Å². The summed E-state index contributed by atoms with van der Waals surface area (Å²) in [5.74, 6) is 1.09. The van der Waals surface area contributed by atoms with Crippen molar-refractivity contribution in [2.45, 2.75) is 101 Å². The highest BCUT2D eigenvalue weighted by Crippen LogP contribution is 2.36. The van der Waals surface area contributed by atoms with E-state index in [1.807, 2.05) is 39.8 Å². The smallest absolute Gasteiger partial charge is 0.227 e. The van der Waals surface area contributed by atoms with Crippen LogP contribution in [0.2, 0.25) is 0 Å². The molecule has 0 rings (SSSR count). The zero-order valence-corrected chi connectivity index (χ0v) is 21.2. The zero-order valence-electron chi connectivity index (χ0n) is 17.3. The van der Waals surface area contributed by atoms with Crippen LogP contribution in [0.5, 0.6) is 0 Å². The summed E-state index contributed by atoms with van der Waals surface area (Å²) < 4.78 is 23.7. The Morgan fingerprint density at radius 3 is 1.32 bits per heavy atom. The first-order chi connectivity index (χ1) is 13.2. The molecule has 164 valence electrons. The number of halogens is 4. The molecule has 0 saturated carbocycles. The van der Waals surface area contributed by atoms with E-state index < -0.39 is 8.25 Å². The van der Waals surface area contributed by atoms with E-state index in [1.54, 1.807) is 0 Å². The molecule has 0 heterocycles. The third kappa shape index (κ3) is 14.3. The monoisotopic (exact) mass is 493 g/mol. The fraction of sp³-hybridized carbons (Fsp3) is 0.800. The molecule has 0 aromatic carbocycles. The SMILES string of the molecule is CCC(Cl)CC=C(CC(Cl)CC)O[P+](=O)OC(=CCC(Cl)CC)CC(Cl)CC. The van der Waals surface area contributed by atoms with Crippen molar-refractivity contribution in [1.29, 1.82) is 0 Å². The van der Waals surface area contributed by atoms with Crippen molar-refractivity contribution in [3.63, 3.8) is 0 Å². The molecule has 0 aromatic rings. The second-order valence-corrected chi connectivity index (χ2v) is 9.93. The predicted octanol–water partition coefficient (Wildman–Crippen LogP) is 9.07.